The first-order chi connectivity index (χ1) is 10.5. The SMILES string of the molecule is CCOC(=O)CCc1sc[n+](Cc2cnc(C)nc2N)c1C. The van der Waals surface area contributed by atoms with E-state index in [4.69, 9.17) is 10.5 Å². The minimum Gasteiger partial charge on any atom is -0.466 e. The summed E-state index contributed by atoms with van der Waals surface area (Å²) in [6.07, 6.45) is 2.87. The molecule has 22 heavy (non-hydrogen) atoms. The molecule has 2 rings (SSSR count). The summed E-state index contributed by atoms with van der Waals surface area (Å²) in [7, 11) is 0. The van der Waals surface area contributed by atoms with E-state index in [-0.39, 0.29) is 5.97 Å². The summed E-state index contributed by atoms with van der Waals surface area (Å²) in [6, 6.07) is 0. The number of hydrogen-bond acceptors (Lipinski definition) is 6. The Morgan fingerprint density at radius 2 is 2.23 bits per heavy atom. The summed E-state index contributed by atoms with van der Waals surface area (Å²) in [6.45, 7) is 6.73. The van der Waals surface area contributed by atoms with Crippen LogP contribution in [0, 0.1) is 13.8 Å². The lowest BCUT2D eigenvalue weighted by molar-refractivity contribution is -0.689. The van der Waals surface area contributed by atoms with Crippen molar-refractivity contribution >= 4 is 23.1 Å². The van der Waals surface area contributed by atoms with E-state index in [2.05, 4.69) is 14.5 Å². The van der Waals surface area contributed by atoms with Crippen LogP contribution in [-0.2, 0) is 22.5 Å². The highest BCUT2D eigenvalue weighted by Crippen LogP contribution is 2.15. The first-order valence-corrected chi connectivity index (χ1v) is 8.09. The molecule has 0 saturated heterocycles. The standard InChI is InChI=1S/C15H21N4O2S/c1-4-21-14(20)6-5-13-10(2)19(9-22-13)8-12-7-17-11(3)18-15(12)16/h7,9H,4-6,8H2,1-3H3,(H2,16,17,18)/q+1. The van der Waals surface area contributed by atoms with E-state index >= 15 is 0 Å². The van der Waals surface area contributed by atoms with E-state index in [1.165, 1.54) is 4.88 Å². The predicted molar refractivity (Wildman–Crippen MR) is 84.5 cm³/mol. The molecular weight excluding hydrogens is 300 g/mol. The highest BCUT2D eigenvalue weighted by atomic mass is 32.1. The molecule has 0 aromatic carbocycles. The summed E-state index contributed by atoms with van der Waals surface area (Å²) in [5.41, 5.74) is 10.0. The van der Waals surface area contributed by atoms with Crippen molar-refractivity contribution in [1.82, 2.24) is 9.97 Å². The largest absolute Gasteiger partial charge is 0.466 e. The molecule has 0 unspecified atom stereocenters. The molecule has 2 aromatic heterocycles. The molecule has 0 spiro atoms. The lowest BCUT2D eigenvalue weighted by Gasteiger charge is -2.02. The van der Waals surface area contributed by atoms with Crippen LogP contribution in [0.25, 0.3) is 0 Å². The van der Waals surface area contributed by atoms with Gasteiger partial charge in [-0.3, -0.25) is 4.79 Å². The van der Waals surface area contributed by atoms with Crippen molar-refractivity contribution < 1.29 is 14.1 Å². The molecular formula is C15H21N4O2S+. The van der Waals surface area contributed by atoms with Crippen molar-refractivity contribution in [1.29, 1.82) is 0 Å². The number of aromatic nitrogens is 3. The van der Waals surface area contributed by atoms with Gasteiger partial charge >= 0.3 is 5.97 Å². The Morgan fingerprint density at radius 1 is 1.45 bits per heavy atom. The fraction of sp³-hybridized carbons (Fsp3) is 0.467. The average molecular weight is 321 g/mol. The van der Waals surface area contributed by atoms with Crippen LogP contribution in [0.4, 0.5) is 5.82 Å². The average Bonchev–Trinajstić information content (AvgIpc) is 2.81. The highest BCUT2D eigenvalue weighted by Gasteiger charge is 2.18. The quantitative estimate of drug-likeness (QED) is 0.645. The minimum atomic E-state index is -0.155. The summed E-state index contributed by atoms with van der Waals surface area (Å²) in [5.74, 6) is 1.03. The number of carbonyl (C=O) groups is 1. The summed E-state index contributed by atoms with van der Waals surface area (Å²) < 4.78 is 7.07. The summed E-state index contributed by atoms with van der Waals surface area (Å²) in [4.78, 5) is 21.0. The zero-order valence-electron chi connectivity index (χ0n) is 13.1. The molecule has 0 radical (unpaired) electrons. The second-order valence-electron chi connectivity index (χ2n) is 4.99. The second kappa shape index (κ2) is 7.31. The zero-order valence-corrected chi connectivity index (χ0v) is 13.9. The smallest absolute Gasteiger partial charge is 0.306 e. The van der Waals surface area contributed by atoms with Gasteiger partial charge < -0.3 is 10.5 Å². The van der Waals surface area contributed by atoms with Crippen molar-refractivity contribution in [2.75, 3.05) is 12.3 Å². The Hall–Kier alpha value is -2.02. The number of nitrogens with two attached hydrogens (primary N) is 1. The Morgan fingerprint density at radius 3 is 2.91 bits per heavy atom. The molecule has 0 bridgehead atoms. The van der Waals surface area contributed by atoms with Gasteiger partial charge in [-0.2, -0.15) is 4.57 Å². The van der Waals surface area contributed by atoms with Gasteiger partial charge in [-0.1, -0.05) is 11.3 Å². The molecule has 2 heterocycles. The number of anilines is 1. The van der Waals surface area contributed by atoms with Crippen molar-refractivity contribution in [3.05, 3.63) is 33.7 Å². The van der Waals surface area contributed by atoms with Crippen molar-refractivity contribution in [2.24, 2.45) is 0 Å². The maximum atomic E-state index is 11.4. The van der Waals surface area contributed by atoms with E-state index in [9.17, 15) is 4.79 Å². The third-order valence-electron chi connectivity index (χ3n) is 3.38. The number of thiazole rings is 1. The first-order valence-electron chi connectivity index (χ1n) is 7.21. The van der Waals surface area contributed by atoms with Gasteiger partial charge in [0.2, 0.25) is 5.51 Å². The Kier molecular flexibility index (Phi) is 5.43. The number of rotatable bonds is 6. The zero-order chi connectivity index (χ0) is 16.1. The molecule has 0 atom stereocenters. The molecule has 6 nitrogen and oxygen atoms in total. The van der Waals surface area contributed by atoms with Gasteiger partial charge in [0.1, 0.15) is 11.6 Å². The number of esters is 1. The summed E-state index contributed by atoms with van der Waals surface area (Å²) >= 11 is 1.64. The van der Waals surface area contributed by atoms with Gasteiger partial charge in [-0.05, 0) is 20.3 Å². The predicted octanol–water partition coefficient (Wildman–Crippen LogP) is 1.57. The Balaban J connectivity index is 2.06. The van der Waals surface area contributed by atoms with Crippen LogP contribution in [0.3, 0.4) is 0 Å². The van der Waals surface area contributed by atoms with Crippen LogP contribution < -0.4 is 10.3 Å². The van der Waals surface area contributed by atoms with Crippen molar-refractivity contribution in [3.8, 4) is 0 Å². The number of aryl methyl sites for hydroxylation is 2. The number of carbonyl (C=O) groups excluding carboxylic acids is 1. The van der Waals surface area contributed by atoms with Crippen LogP contribution in [-0.4, -0.2) is 22.5 Å². The molecule has 7 heteroatoms. The number of nitrogens with zero attached hydrogens (tertiary/aromatic N) is 3. The Labute approximate surface area is 134 Å². The van der Waals surface area contributed by atoms with Crippen LogP contribution in [0.1, 0.15) is 35.3 Å². The maximum absolute atomic E-state index is 11.4. The fourth-order valence-corrected chi connectivity index (χ4v) is 3.11. The molecule has 0 fully saturated rings. The van der Waals surface area contributed by atoms with Gasteiger partial charge in [0.25, 0.3) is 0 Å². The molecule has 118 valence electrons. The van der Waals surface area contributed by atoms with Crippen molar-refractivity contribution in [3.63, 3.8) is 0 Å². The highest BCUT2D eigenvalue weighted by molar-refractivity contribution is 7.09. The van der Waals surface area contributed by atoms with Crippen molar-refractivity contribution in [2.45, 2.75) is 40.2 Å². The van der Waals surface area contributed by atoms with Crippen LogP contribution in [0.5, 0.6) is 0 Å². The van der Waals surface area contributed by atoms with Gasteiger partial charge in [-0.25, -0.2) is 9.97 Å². The van der Waals surface area contributed by atoms with E-state index < -0.39 is 0 Å². The molecule has 0 aliphatic rings. The molecule has 2 N–H and O–H groups in total. The summed E-state index contributed by atoms with van der Waals surface area (Å²) in [5, 5.41) is 0. The third-order valence-corrected chi connectivity index (χ3v) is 4.52. The van der Waals surface area contributed by atoms with Crippen LogP contribution in [0.2, 0.25) is 0 Å². The lowest BCUT2D eigenvalue weighted by Crippen LogP contribution is -2.35. The van der Waals surface area contributed by atoms with E-state index in [1.54, 1.807) is 17.5 Å². The normalized spacial score (nSPS) is 10.7. The molecule has 2 aromatic rings. The number of ether oxygens (including phenoxy) is 1. The fourth-order valence-electron chi connectivity index (χ4n) is 2.11. The van der Waals surface area contributed by atoms with E-state index in [1.807, 2.05) is 26.3 Å². The molecule has 0 saturated carbocycles. The molecule has 0 amide bonds. The number of nitrogen functional groups attached to an aromatic ring is 1. The van der Waals surface area contributed by atoms with Gasteiger partial charge in [0, 0.05) is 13.1 Å². The first kappa shape index (κ1) is 16.4. The van der Waals surface area contributed by atoms with Crippen LogP contribution in [0.15, 0.2) is 11.7 Å². The second-order valence-corrected chi connectivity index (χ2v) is 5.93. The maximum Gasteiger partial charge on any atom is 0.306 e. The van der Waals surface area contributed by atoms with Gasteiger partial charge in [0.15, 0.2) is 12.2 Å². The number of hydrogen-bond donors (Lipinski definition) is 1. The molecule has 0 aliphatic heterocycles. The minimum absolute atomic E-state index is 0.155. The topological polar surface area (TPSA) is 82.0 Å². The van der Waals surface area contributed by atoms with Gasteiger partial charge in [-0.15, -0.1) is 0 Å². The van der Waals surface area contributed by atoms with Gasteiger partial charge in [0.05, 0.1) is 23.5 Å². The molecule has 0 aliphatic carbocycles. The lowest BCUT2D eigenvalue weighted by atomic mass is 10.2. The monoisotopic (exact) mass is 321 g/mol. The van der Waals surface area contributed by atoms with E-state index in [0.717, 1.165) is 11.3 Å². The van der Waals surface area contributed by atoms with E-state index in [0.29, 0.717) is 37.6 Å². The van der Waals surface area contributed by atoms with Crippen LogP contribution >= 0.6 is 11.3 Å². The third kappa shape index (κ3) is 4.00. The Bertz CT molecular complexity index is 670.